The van der Waals surface area contributed by atoms with Crippen LogP contribution in [0.3, 0.4) is 0 Å². The van der Waals surface area contributed by atoms with Gasteiger partial charge in [-0.1, -0.05) is 17.7 Å². The summed E-state index contributed by atoms with van der Waals surface area (Å²) < 4.78 is 32.7. The second-order valence-electron chi connectivity index (χ2n) is 4.74. The fourth-order valence-electron chi connectivity index (χ4n) is 2.26. The Hall–Kier alpha value is -1.65. The van der Waals surface area contributed by atoms with Crippen molar-refractivity contribution >= 4 is 11.6 Å². The van der Waals surface area contributed by atoms with Crippen LogP contribution in [0.4, 0.5) is 8.78 Å². The van der Waals surface area contributed by atoms with Gasteiger partial charge in [0.2, 0.25) is 0 Å². The molecule has 0 saturated heterocycles. The van der Waals surface area contributed by atoms with Crippen molar-refractivity contribution in [2.75, 3.05) is 14.2 Å². The first-order valence-corrected chi connectivity index (χ1v) is 6.82. The lowest BCUT2D eigenvalue weighted by molar-refractivity contribution is 0.414. The van der Waals surface area contributed by atoms with Crippen LogP contribution in [0, 0.1) is 18.6 Å². The second kappa shape index (κ2) is 6.41. The highest BCUT2D eigenvalue weighted by Gasteiger charge is 2.19. The molecule has 0 radical (unpaired) electrons. The normalized spacial score (nSPS) is 12.3. The Kier molecular flexibility index (Phi) is 4.80. The van der Waals surface area contributed by atoms with E-state index in [1.165, 1.54) is 13.2 Å². The first-order valence-electron chi connectivity index (χ1n) is 6.44. The summed E-state index contributed by atoms with van der Waals surface area (Å²) in [5.41, 5.74) is 1.55. The van der Waals surface area contributed by atoms with E-state index in [9.17, 15) is 8.78 Å². The first-order chi connectivity index (χ1) is 9.97. The standard InChI is InChI=1S/C16H16ClF2NO/c1-9-6-11(14(19)8-13(9)18)16(20-2)10-4-5-12(17)15(7-10)21-3/h4-8,16,20H,1-3H3. The maximum absolute atomic E-state index is 14.1. The van der Waals surface area contributed by atoms with Crippen LogP contribution in [0.15, 0.2) is 30.3 Å². The first kappa shape index (κ1) is 15.7. The van der Waals surface area contributed by atoms with Crippen LogP contribution in [0.2, 0.25) is 5.02 Å². The van der Waals surface area contributed by atoms with E-state index < -0.39 is 17.7 Å². The van der Waals surface area contributed by atoms with Gasteiger partial charge in [0.05, 0.1) is 18.2 Å². The Labute approximate surface area is 127 Å². The molecule has 0 spiro atoms. The summed E-state index contributed by atoms with van der Waals surface area (Å²) in [6.07, 6.45) is 0. The molecule has 0 aliphatic rings. The van der Waals surface area contributed by atoms with E-state index in [1.807, 2.05) is 0 Å². The molecule has 0 saturated carbocycles. The molecule has 0 heterocycles. The van der Waals surface area contributed by atoms with Crippen molar-refractivity contribution in [2.24, 2.45) is 0 Å². The minimum absolute atomic E-state index is 0.376. The van der Waals surface area contributed by atoms with E-state index in [0.29, 0.717) is 21.9 Å². The van der Waals surface area contributed by atoms with Gasteiger partial charge >= 0.3 is 0 Å². The Morgan fingerprint density at radius 3 is 2.48 bits per heavy atom. The number of rotatable bonds is 4. The maximum atomic E-state index is 14.1. The number of methoxy groups -OCH3 is 1. The lowest BCUT2D eigenvalue weighted by Gasteiger charge is -2.19. The van der Waals surface area contributed by atoms with E-state index in [2.05, 4.69) is 5.32 Å². The van der Waals surface area contributed by atoms with Crippen molar-refractivity contribution in [2.45, 2.75) is 13.0 Å². The van der Waals surface area contributed by atoms with E-state index in [1.54, 1.807) is 32.2 Å². The Bertz CT molecular complexity index is 661. The van der Waals surface area contributed by atoms with Crippen molar-refractivity contribution in [3.8, 4) is 5.75 Å². The summed E-state index contributed by atoms with van der Waals surface area (Å²) in [7, 11) is 3.23. The average Bonchev–Trinajstić information content (AvgIpc) is 2.46. The fourth-order valence-corrected chi connectivity index (χ4v) is 2.45. The third-order valence-electron chi connectivity index (χ3n) is 3.39. The molecule has 2 aromatic carbocycles. The van der Waals surface area contributed by atoms with Crippen LogP contribution in [-0.2, 0) is 0 Å². The third-order valence-corrected chi connectivity index (χ3v) is 3.70. The largest absolute Gasteiger partial charge is 0.495 e. The van der Waals surface area contributed by atoms with Gasteiger partial charge in [-0.2, -0.15) is 0 Å². The average molecular weight is 312 g/mol. The van der Waals surface area contributed by atoms with E-state index in [-0.39, 0.29) is 0 Å². The van der Waals surface area contributed by atoms with Crippen LogP contribution in [-0.4, -0.2) is 14.2 Å². The summed E-state index contributed by atoms with van der Waals surface area (Å²) in [5.74, 6) is -0.639. The van der Waals surface area contributed by atoms with Gasteiger partial charge in [-0.05, 0) is 43.3 Å². The van der Waals surface area contributed by atoms with Gasteiger partial charge < -0.3 is 10.1 Å². The van der Waals surface area contributed by atoms with Crippen LogP contribution < -0.4 is 10.1 Å². The molecule has 0 bridgehead atoms. The third kappa shape index (κ3) is 3.17. The van der Waals surface area contributed by atoms with Crippen molar-refractivity contribution in [3.05, 3.63) is 63.7 Å². The number of aryl methyl sites for hydroxylation is 1. The summed E-state index contributed by atoms with van der Waals surface area (Å²) in [4.78, 5) is 0. The summed E-state index contributed by atoms with van der Waals surface area (Å²) in [6, 6.07) is 7.20. The van der Waals surface area contributed by atoms with Gasteiger partial charge in [0.15, 0.2) is 0 Å². The number of halogens is 3. The van der Waals surface area contributed by atoms with Crippen LogP contribution in [0.25, 0.3) is 0 Å². The van der Waals surface area contributed by atoms with E-state index >= 15 is 0 Å². The molecule has 1 unspecified atom stereocenters. The van der Waals surface area contributed by atoms with Crippen LogP contribution >= 0.6 is 11.6 Å². The number of hydrogen-bond donors (Lipinski definition) is 1. The molecular formula is C16H16ClF2NO. The molecule has 2 nitrogen and oxygen atoms in total. The van der Waals surface area contributed by atoms with Gasteiger partial charge in [-0.15, -0.1) is 0 Å². The quantitative estimate of drug-likeness (QED) is 0.911. The number of benzene rings is 2. The van der Waals surface area contributed by atoms with Gasteiger partial charge in [0.25, 0.3) is 0 Å². The molecule has 0 fully saturated rings. The molecule has 21 heavy (non-hydrogen) atoms. The highest BCUT2D eigenvalue weighted by molar-refractivity contribution is 6.32. The lowest BCUT2D eigenvalue weighted by atomic mass is 9.96. The SMILES string of the molecule is CNC(c1ccc(Cl)c(OC)c1)c1cc(C)c(F)cc1F. The molecule has 1 atom stereocenters. The molecule has 2 rings (SSSR count). The molecule has 2 aromatic rings. The smallest absolute Gasteiger partial charge is 0.137 e. The zero-order valence-corrected chi connectivity index (χ0v) is 12.8. The molecule has 0 aliphatic heterocycles. The van der Waals surface area contributed by atoms with Gasteiger partial charge in [0, 0.05) is 11.6 Å². The highest BCUT2D eigenvalue weighted by atomic mass is 35.5. The van der Waals surface area contributed by atoms with Crippen LogP contribution in [0.5, 0.6) is 5.75 Å². The Morgan fingerprint density at radius 2 is 1.86 bits per heavy atom. The summed E-state index contributed by atoms with van der Waals surface area (Å²) in [5, 5.41) is 3.51. The van der Waals surface area contributed by atoms with Gasteiger partial charge in [-0.3, -0.25) is 0 Å². The second-order valence-corrected chi connectivity index (χ2v) is 5.15. The maximum Gasteiger partial charge on any atom is 0.137 e. The zero-order chi connectivity index (χ0) is 15.6. The molecule has 0 aromatic heterocycles. The van der Waals surface area contributed by atoms with Gasteiger partial charge in [0.1, 0.15) is 17.4 Å². The molecule has 112 valence electrons. The van der Waals surface area contributed by atoms with Gasteiger partial charge in [-0.25, -0.2) is 8.78 Å². The van der Waals surface area contributed by atoms with Crippen molar-refractivity contribution in [3.63, 3.8) is 0 Å². The number of hydrogen-bond acceptors (Lipinski definition) is 2. The van der Waals surface area contributed by atoms with Crippen molar-refractivity contribution < 1.29 is 13.5 Å². The summed E-state index contributed by atoms with van der Waals surface area (Å²) >= 11 is 6.00. The van der Waals surface area contributed by atoms with E-state index in [0.717, 1.165) is 11.6 Å². The topological polar surface area (TPSA) is 21.3 Å². The fraction of sp³-hybridized carbons (Fsp3) is 0.250. The minimum atomic E-state index is -0.591. The van der Waals surface area contributed by atoms with Crippen LogP contribution in [0.1, 0.15) is 22.7 Å². The predicted molar refractivity (Wildman–Crippen MR) is 80.0 cm³/mol. The summed E-state index contributed by atoms with van der Waals surface area (Å²) in [6.45, 7) is 1.60. The van der Waals surface area contributed by atoms with Crippen molar-refractivity contribution in [1.29, 1.82) is 0 Å². The molecular weight excluding hydrogens is 296 g/mol. The number of ether oxygens (including phenoxy) is 1. The molecule has 0 aliphatic carbocycles. The molecule has 5 heteroatoms. The molecule has 0 amide bonds. The van der Waals surface area contributed by atoms with E-state index in [4.69, 9.17) is 16.3 Å². The Balaban J connectivity index is 2.52. The lowest BCUT2D eigenvalue weighted by Crippen LogP contribution is -2.19. The molecule has 1 N–H and O–H groups in total. The zero-order valence-electron chi connectivity index (χ0n) is 12.0. The monoisotopic (exact) mass is 311 g/mol. The minimum Gasteiger partial charge on any atom is -0.495 e. The predicted octanol–water partition coefficient (Wildman–Crippen LogP) is 4.24. The Morgan fingerprint density at radius 1 is 1.14 bits per heavy atom. The highest BCUT2D eigenvalue weighted by Crippen LogP contribution is 2.32. The number of nitrogens with one attached hydrogen (secondary N) is 1. The van der Waals surface area contributed by atoms with Crippen molar-refractivity contribution in [1.82, 2.24) is 5.32 Å².